The molecule has 2 aromatic heterocycles. The first kappa shape index (κ1) is 14.2. The monoisotopic (exact) mass is 294 g/mol. The minimum Gasteiger partial charge on any atom is -0.360 e. The Morgan fingerprint density at radius 3 is 2.84 bits per heavy atom. The van der Waals surface area contributed by atoms with Crippen LogP contribution in [0.15, 0.2) is 30.6 Å². The lowest BCUT2D eigenvalue weighted by Crippen LogP contribution is -2.10. The summed E-state index contributed by atoms with van der Waals surface area (Å²) in [5, 5.41) is 4.76. The lowest BCUT2D eigenvalue weighted by atomic mass is 10.2. The summed E-state index contributed by atoms with van der Waals surface area (Å²) in [4.78, 5) is 4.08. The summed E-state index contributed by atoms with van der Waals surface area (Å²) >= 11 is 5.79. The van der Waals surface area contributed by atoms with Crippen molar-refractivity contribution in [3.63, 3.8) is 0 Å². The highest BCUT2D eigenvalue weighted by Crippen LogP contribution is 2.19. The van der Waals surface area contributed by atoms with Gasteiger partial charge in [0, 0.05) is 33.4 Å². The van der Waals surface area contributed by atoms with Crippen LogP contribution in [0.4, 0.5) is 0 Å². The van der Waals surface area contributed by atoms with E-state index < -0.39 is 0 Å². The van der Waals surface area contributed by atoms with E-state index in [1.165, 1.54) is 0 Å². The maximum absolute atomic E-state index is 5.79. The number of hydrogen-bond donors (Lipinski definition) is 0. The molecule has 0 N–H and O–H groups in total. The Morgan fingerprint density at radius 1 is 1.32 bits per heavy atom. The Hall–Kier alpha value is -1.17. The van der Waals surface area contributed by atoms with Crippen molar-refractivity contribution in [1.82, 2.24) is 14.8 Å². The van der Waals surface area contributed by atoms with Crippen molar-refractivity contribution >= 4 is 20.4 Å². The van der Waals surface area contributed by atoms with E-state index in [2.05, 4.69) is 23.2 Å². The van der Waals surface area contributed by atoms with Crippen molar-refractivity contribution < 1.29 is 4.74 Å². The van der Waals surface area contributed by atoms with E-state index in [1.54, 1.807) is 18.5 Å². The van der Waals surface area contributed by atoms with Crippen LogP contribution in [0.3, 0.4) is 0 Å². The summed E-state index contributed by atoms with van der Waals surface area (Å²) < 4.78 is 7.49. The molecule has 0 aliphatic heterocycles. The highest BCUT2D eigenvalue weighted by atomic mass is 35.5. The van der Waals surface area contributed by atoms with E-state index in [0.29, 0.717) is 11.9 Å². The minimum absolute atomic E-state index is 0.221. The van der Waals surface area contributed by atoms with Crippen LogP contribution < -0.4 is 0 Å². The van der Waals surface area contributed by atoms with E-state index in [9.17, 15) is 0 Å². The zero-order valence-corrected chi connectivity index (χ0v) is 12.9. The Balaban J connectivity index is 1.99. The van der Waals surface area contributed by atoms with Crippen LogP contribution in [-0.2, 0) is 11.5 Å². The van der Waals surface area contributed by atoms with Gasteiger partial charge in [-0.3, -0.25) is 0 Å². The molecule has 0 amide bonds. The average Bonchev–Trinajstić information content (AvgIpc) is 2.84. The predicted octanol–water partition coefficient (Wildman–Crippen LogP) is 3.33. The first-order valence-electron chi connectivity index (χ1n) is 6.17. The van der Waals surface area contributed by atoms with Crippen molar-refractivity contribution in [3.05, 3.63) is 35.7 Å². The molecular weight excluding hydrogens is 278 g/mol. The molecule has 0 fully saturated rings. The molecule has 0 spiro atoms. The SMILES string of the molecule is C[Si](C)CCOCn1nccc1-c1ccc(Cl)nc1. The Bertz CT molecular complexity index is 513. The predicted molar refractivity (Wildman–Crippen MR) is 78.7 cm³/mol. The second-order valence-corrected chi connectivity index (χ2v) is 7.88. The number of nitrogens with zero attached hydrogens (tertiary/aromatic N) is 3. The van der Waals surface area contributed by atoms with Crippen LogP contribution in [0.25, 0.3) is 11.3 Å². The maximum atomic E-state index is 5.79. The van der Waals surface area contributed by atoms with Crippen molar-refractivity contribution in [1.29, 1.82) is 0 Å². The molecule has 2 heterocycles. The molecule has 1 radical (unpaired) electrons. The summed E-state index contributed by atoms with van der Waals surface area (Å²) in [7, 11) is -0.221. The van der Waals surface area contributed by atoms with E-state index in [-0.39, 0.29) is 8.80 Å². The highest BCUT2D eigenvalue weighted by Gasteiger charge is 2.06. The van der Waals surface area contributed by atoms with Gasteiger partial charge in [-0.15, -0.1) is 0 Å². The fraction of sp³-hybridized carbons (Fsp3) is 0.385. The van der Waals surface area contributed by atoms with Gasteiger partial charge in [-0.1, -0.05) is 24.7 Å². The summed E-state index contributed by atoms with van der Waals surface area (Å²) in [5.41, 5.74) is 1.98. The van der Waals surface area contributed by atoms with Gasteiger partial charge in [-0.25, -0.2) is 9.67 Å². The number of halogens is 1. The number of rotatable bonds is 6. The molecule has 2 aromatic rings. The fourth-order valence-electron chi connectivity index (χ4n) is 1.64. The standard InChI is InChI=1S/C13H17ClN3OSi/c1-19(2)8-7-18-10-17-12(5-6-16-17)11-3-4-13(14)15-9-11/h3-6,9H,7-8,10H2,1-2H3. The van der Waals surface area contributed by atoms with Gasteiger partial charge in [0.1, 0.15) is 11.9 Å². The van der Waals surface area contributed by atoms with Crippen LogP contribution in [0.2, 0.25) is 24.3 Å². The molecule has 0 unspecified atom stereocenters. The molecule has 0 atom stereocenters. The largest absolute Gasteiger partial charge is 0.360 e. The van der Waals surface area contributed by atoms with Crippen molar-refractivity contribution in [3.8, 4) is 11.3 Å². The molecule has 0 saturated heterocycles. The topological polar surface area (TPSA) is 39.9 Å². The molecule has 19 heavy (non-hydrogen) atoms. The molecule has 0 aliphatic rings. The van der Waals surface area contributed by atoms with Gasteiger partial charge in [-0.05, 0) is 24.2 Å². The summed E-state index contributed by atoms with van der Waals surface area (Å²) in [5.74, 6) is 0. The first-order chi connectivity index (χ1) is 9.16. The fourth-order valence-corrected chi connectivity index (χ4v) is 2.30. The third-order valence-electron chi connectivity index (χ3n) is 2.70. The number of ether oxygens (including phenoxy) is 1. The normalized spacial score (nSPS) is 11.2. The smallest absolute Gasteiger partial charge is 0.139 e. The van der Waals surface area contributed by atoms with Gasteiger partial charge in [0.05, 0.1) is 5.69 Å². The average molecular weight is 295 g/mol. The molecule has 0 bridgehead atoms. The van der Waals surface area contributed by atoms with E-state index in [4.69, 9.17) is 16.3 Å². The van der Waals surface area contributed by atoms with Gasteiger partial charge in [0.25, 0.3) is 0 Å². The molecule has 4 nitrogen and oxygen atoms in total. The summed E-state index contributed by atoms with van der Waals surface area (Å²) in [6, 6.07) is 6.81. The summed E-state index contributed by atoms with van der Waals surface area (Å²) in [6.45, 7) is 5.83. The Morgan fingerprint density at radius 2 is 2.16 bits per heavy atom. The van der Waals surface area contributed by atoms with Crippen LogP contribution in [0, 0.1) is 0 Å². The van der Waals surface area contributed by atoms with Crippen molar-refractivity contribution in [2.45, 2.75) is 25.9 Å². The van der Waals surface area contributed by atoms with E-state index >= 15 is 0 Å². The molecule has 0 aliphatic carbocycles. The Kier molecular flexibility index (Phi) is 5.13. The van der Waals surface area contributed by atoms with Gasteiger partial charge in [0.2, 0.25) is 0 Å². The lowest BCUT2D eigenvalue weighted by Gasteiger charge is -2.09. The maximum Gasteiger partial charge on any atom is 0.139 e. The number of aromatic nitrogens is 3. The number of hydrogen-bond acceptors (Lipinski definition) is 3. The molecule has 0 saturated carbocycles. The third kappa shape index (κ3) is 4.16. The van der Waals surface area contributed by atoms with Gasteiger partial charge in [-0.2, -0.15) is 5.10 Å². The molecular formula is C13H17ClN3OSi. The van der Waals surface area contributed by atoms with Crippen LogP contribution in [0.5, 0.6) is 0 Å². The zero-order valence-electron chi connectivity index (χ0n) is 11.1. The highest BCUT2D eigenvalue weighted by molar-refractivity contribution is 6.55. The van der Waals surface area contributed by atoms with Crippen molar-refractivity contribution in [2.75, 3.05) is 6.61 Å². The number of pyridine rings is 1. The quantitative estimate of drug-likeness (QED) is 0.466. The third-order valence-corrected chi connectivity index (χ3v) is 4.13. The minimum atomic E-state index is -0.221. The summed E-state index contributed by atoms with van der Waals surface area (Å²) in [6.07, 6.45) is 3.51. The van der Waals surface area contributed by atoms with Crippen LogP contribution in [0.1, 0.15) is 0 Å². The van der Waals surface area contributed by atoms with Gasteiger partial charge >= 0.3 is 0 Å². The van der Waals surface area contributed by atoms with Crippen LogP contribution >= 0.6 is 11.6 Å². The van der Waals surface area contributed by atoms with Gasteiger partial charge in [0.15, 0.2) is 0 Å². The Labute approximate surface area is 120 Å². The molecule has 6 heteroatoms. The second kappa shape index (κ2) is 6.84. The lowest BCUT2D eigenvalue weighted by molar-refractivity contribution is 0.0801. The van der Waals surface area contributed by atoms with E-state index in [0.717, 1.165) is 23.9 Å². The molecule has 101 valence electrons. The zero-order chi connectivity index (χ0) is 13.7. The molecule has 2 rings (SSSR count). The van der Waals surface area contributed by atoms with Gasteiger partial charge < -0.3 is 4.74 Å². The van der Waals surface area contributed by atoms with E-state index in [1.807, 2.05) is 16.8 Å². The van der Waals surface area contributed by atoms with Crippen molar-refractivity contribution in [2.24, 2.45) is 0 Å². The molecule has 0 aromatic carbocycles. The van der Waals surface area contributed by atoms with Crippen LogP contribution in [-0.4, -0.2) is 30.2 Å². The first-order valence-corrected chi connectivity index (χ1v) is 9.26. The second-order valence-electron chi connectivity index (χ2n) is 4.58.